The molecule has 1 amide bonds. The van der Waals surface area contributed by atoms with Crippen molar-refractivity contribution in [1.82, 2.24) is 10.4 Å². The van der Waals surface area contributed by atoms with E-state index in [1.165, 1.54) is 23.2 Å². The highest BCUT2D eigenvalue weighted by atomic mass is 16.4. The van der Waals surface area contributed by atoms with Crippen LogP contribution < -0.4 is 10.5 Å². The molecule has 0 unspecified atom stereocenters. The minimum atomic E-state index is -1.43. The smallest absolute Gasteiger partial charge is 0.273 e. The van der Waals surface area contributed by atoms with Crippen LogP contribution in [0.5, 0.6) is 5.75 Å². The second-order valence-corrected chi connectivity index (χ2v) is 6.57. The molecule has 0 spiro atoms. The number of aromatic carboxylic acids is 1. The molecule has 0 saturated carbocycles. The van der Waals surface area contributed by atoms with Crippen LogP contribution in [0, 0.1) is 0 Å². The number of nitrogens with one attached hydrogen (secondary N) is 1. The summed E-state index contributed by atoms with van der Waals surface area (Å²) in [5, 5.41) is 23.1. The largest absolute Gasteiger partial charge is 0.545 e. The quantitative estimate of drug-likeness (QED) is 0.720. The number of carboxylic acid groups (broad SMARTS) is 1. The Labute approximate surface area is 167 Å². The Morgan fingerprint density at radius 2 is 1.48 bits per heavy atom. The molecule has 1 heterocycles. The van der Waals surface area contributed by atoms with E-state index >= 15 is 0 Å². The highest BCUT2D eigenvalue weighted by Crippen LogP contribution is 2.36. The number of carboxylic acids is 1. The highest BCUT2D eigenvalue weighted by Gasteiger charge is 2.33. The van der Waals surface area contributed by atoms with Crippen molar-refractivity contribution >= 4 is 17.6 Å². The molecule has 2 N–H and O–H groups in total. The predicted octanol–water partition coefficient (Wildman–Crippen LogP) is 2.50. The van der Waals surface area contributed by atoms with Gasteiger partial charge in [-0.15, -0.1) is 0 Å². The Morgan fingerprint density at radius 3 is 2.17 bits per heavy atom. The number of hydrogen-bond donors (Lipinski definition) is 2. The van der Waals surface area contributed by atoms with Gasteiger partial charge in [0.25, 0.3) is 5.91 Å². The molecule has 3 aromatic rings. The van der Waals surface area contributed by atoms with Gasteiger partial charge in [0.15, 0.2) is 0 Å². The first-order chi connectivity index (χ1) is 14.1. The van der Waals surface area contributed by atoms with E-state index in [0.29, 0.717) is 11.3 Å². The Bertz CT molecular complexity index is 1110. The highest BCUT2D eigenvalue weighted by molar-refractivity contribution is 6.04. The third kappa shape index (κ3) is 3.43. The van der Waals surface area contributed by atoms with Crippen molar-refractivity contribution in [2.24, 2.45) is 0 Å². The summed E-state index contributed by atoms with van der Waals surface area (Å²) in [5.41, 5.74) is 4.93. The van der Waals surface area contributed by atoms with Gasteiger partial charge < -0.3 is 15.0 Å². The number of amides is 1. The molecular formula is C23H17N2O4-. The Balaban J connectivity index is 1.79. The van der Waals surface area contributed by atoms with Crippen LogP contribution in [0.25, 0.3) is 5.70 Å². The average molecular weight is 385 g/mol. The molecule has 1 atom stereocenters. The summed E-state index contributed by atoms with van der Waals surface area (Å²) in [6.45, 7) is 0. The summed E-state index contributed by atoms with van der Waals surface area (Å²) in [7, 11) is 0. The first-order valence-electron chi connectivity index (χ1n) is 9.02. The van der Waals surface area contributed by atoms with Crippen molar-refractivity contribution < 1.29 is 19.8 Å². The minimum absolute atomic E-state index is 0.00290. The van der Waals surface area contributed by atoms with Crippen LogP contribution >= 0.6 is 0 Å². The molecule has 1 aliphatic rings. The maximum absolute atomic E-state index is 13.3. The summed E-state index contributed by atoms with van der Waals surface area (Å²) in [5.74, 6) is -1.93. The van der Waals surface area contributed by atoms with E-state index in [1.807, 2.05) is 36.4 Å². The number of benzene rings is 3. The van der Waals surface area contributed by atoms with Gasteiger partial charge in [0.1, 0.15) is 11.8 Å². The van der Waals surface area contributed by atoms with Gasteiger partial charge in [-0.05, 0) is 23.8 Å². The Hall–Kier alpha value is -4.06. The number of aromatic hydroxyl groups is 1. The first-order valence-corrected chi connectivity index (χ1v) is 9.02. The third-order valence-corrected chi connectivity index (χ3v) is 4.78. The molecule has 1 aliphatic heterocycles. The molecule has 29 heavy (non-hydrogen) atoms. The van der Waals surface area contributed by atoms with E-state index in [2.05, 4.69) is 5.43 Å². The molecule has 6 nitrogen and oxygen atoms in total. The Kier molecular flexibility index (Phi) is 4.75. The zero-order valence-electron chi connectivity index (χ0n) is 15.3. The normalized spacial score (nSPS) is 15.5. The van der Waals surface area contributed by atoms with Crippen LogP contribution in [0.3, 0.4) is 0 Å². The molecule has 0 saturated heterocycles. The fourth-order valence-electron chi connectivity index (χ4n) is 3.37. The molecule has 3 aromatic carbocycles. The monoisotopic (exact) mass is 385 g/mol. The lowest BCUT2D eigenvalue weighted by Gasteiger charge is -2.27. The van der Waals surface area contributed by atoms with Gasteiger partial charge in [-0.1, -0.05) is 66.7 Å². The van der Waals surface area contributed by atoms with Crippen molar-refractivity contribution in [3.8, 4) is 5.75 Å². The summed E-state index contributed by atoms with van der Waals surface area (Å²) in [6.07, 6.45) is 1.82. The predicted molar refractivity (Wildman–Crippen MR) is 105 cm³/mol. The van der Waals surface area contributed by atoms with E-state index in [9.17, 15) is 19.8 Å². The van der Waals surface area contributed by atoms with Crippen molar-refractivity contribution in [2.45, 2.75) is 6.04 Å². The number of nitrogens with zero attached hydrogens (tertiary/aromatic N) is 1. The second-order valence-electron chi connectivity index (χ2n) is 6.57. The van der Waals surface area contributed by atoms with E-state index in [4.69, 9.17) is 0 Å². The van der Waals surface area contributed by atoms with Crippen LogP contribution in [0.4, 0.5) is 0 Å². The van der Waals surface area contributed by atoms with Crippen LogP contribution in [0.2, 0.25) is 0 Å². The van der Waals surface area contributed by atoms with E-state index in [-0.39, 0.29) is 16.9 Å². The van der Waals surface area contributed by atoms with Gasteiger partial charge in [0.05, 0.1) is 17.2 Å². The SMILES string of the molecule is O=C([O-])c1ccccc1C(=O)N1NC(c2ccccc2)=C[C@@H]1c1ccccc1O. The first kappa shape index (κ1) is 18.3. The number of phenolic OH excluding ortho intramolecular Hbond substituents is 1. The number of hydrogen-bond acceptors (Lipinski definition) is 5. The van der Waals surface area contributed by atoms with Crippen LogP contribution in [0.15, 0.2) is 84.9 Å². The summed E-state index contributed by atoms with van der Waals surface area (Å²) in [4.78, 5) is 24.8. The third-order valence-electron chi connectivity index (χ3n) is 4.78. The fourth-order valence-corrected chi connectivity index (χ4v) is 3.37. The van der Waals surface area contributed by atoms with Gasteiger partial charge in [0.2, 0.25) is 0 Å². The molecule has 4 rings (SSSR count). The van der Waals surface area contributed by atoms with Crippen molar-refractivity contribution in [2.75, 3.05) is 0 Å². The van der Waals surface area contributed by atoms with Crippen molar-refractivity contribution in [1.29, 1.82) is 0 Å². The molecule has 0 fully saturated rings. The van der Waals surface area contributed by atoms with E-state index < -0.39 is 17.9 Å². The molecular weight excluding hydrogens is 368 g/mol. The maximum atomic E-state index is 13.3. The van der Waals surface area contributed by atoms with Gasteiger partial charge >= 0.3 is 0 Å². The number of para-hydroxylation sites is 1. The second kappa shape index (κ2) is 7.52. The summed E-state index contributed by atoms with van der Waals surface area (Å²) in [6, 6.07) is 21.4. The standard InChI is InChI=1S/C23H18N2O4/c26-21-13-7-6-12-18(21)20-14-19(15-8-2-1-3-9-15)24-25(20)22(27)16-10-4-5-11-17(16)23(28)29/h1-14,20,24,26H,(H,28,29)/p-1/t20-/m1/s1. The van der Waals surface area contributed by atoms with Gasteiger partial charge in [-0.2, -0.15) is 0 Å². The van der Waals surface area contributed by atoms with E-state index in [0.717, 1.165) is 5.56 Å². The van der Waals surface area contributed by atoms with Crippen molar-refractivity contribution in [3.63, 3.8) is 0 Å². The lowest BCUT2D eigenvalue weighted by atomic mass is 10.0. The fraction of sp³-hybridized carbons (Fsp3) is 0.0435. The average Bonchev–Trinajstić information content (AvgIpc) is 3.19. The van der Waals surface area contributed by atoms with Gasteiger partial charge in [-0.25, -0.2) is 5.01 Å². The molecule has 0 aromatic heterocycles. The molecule has 144 valence electrons. The molecule has 0 bridgehead atoms. The zero-order valence-corrected chi connectivity index (χ0v) is 15.3. The zero-order chi connectivity index (χ0) is 20.4. The van der Waals surface area contributed by atoms with Crippen LogP contribution in [-0.2, 0) is 0 Å². The number of carbonyl (C=O) groups excluding carboxylic acids is 2. The minimum Gasteiger partial charge on any atom is -0.545 e. The number of rotatable bonds is 4. The number of hydrazine groups is 1. The Morgan fingerprint density at radius 1 is 0.862 bits per heavy atom. The van der Waals surface area contributed by atoms with Crippen LogP contribution in [-0.4, -0.2) is 22.0 Å². The van der Waals surface area contributed by atoms with E-state index in [1.54, 1.807) is 30.3 Å². The lowest BCUT2D eigenvalue weighted by Crippen LogP contribution is -2.40. The molecule has 0 radical (unpaired) electrons. The number of carbonyl (C=O) groups is 2. The summed E-state index contributed by atoms with van der Waals surface area (Å²) >= 11 is 0. The number of phenols is 1. The maximum Gasteiger partial charge on any atom is 0.273 e. The molecule has 6 heteroatoms. The van der Waals surface area contributed by atoms with Crippen LogP contribution in [0.1, 0.15) is 37.9 Å². The van der Waals surface area contributed by atoms with Crippen molar-refractivity contribution in [3.05, 3.63) is 107 Å². The van der Waals surface area contributed by atoms with Gasteiger partial charge in [0, 0.05) is 11.1 Å². The van der Waals surface area contributed by atoms with Gasteiger partial charge in [-0.3, -0.25) is 10.2 Å². The summed E-state index contributed by atoms with van der Waals surface area (Å²) < 4.78 is 0. The topological polar surface area (TPSA) is 92.7 Å². The lowest BCUT2D eigenvalue weighted by molar-refractivity contribution is -0.255. The molecule has 0 aliphatic carbocycles.